The Morgan fingerprint density at radius 1 is 1.41 bits per heavy atom. The molecule has 0 aliphatic carbocycles. The largest absolute Gasteiger partial charge is 0.382 e. The first-order valence-corrected chi connectivity index (χ1v) is 7.47. The van der Waals surface area contributed by atoms with Crippen molar-refractivity contribution < 1.29 is 9.53 Å². The lowest BCUT2D eigenvalue weighted by molar-refractivity contribution is -0.122. The molecule has 0 unspecified atom stereocenters. The van der Waals surface area contributed by atoms with Gasteiger partial charge in [-0.1, -0.05) is 23.7 Å². The smallest absolute Gasteiger partial charge is 0.220 e. The Labute approximate surface area is 135 Å². The van der Waals surface area contributed by atoms with E-state index in [4.69, 9.17) is 16.3 Å². The molecular formula is C16H20ClN3O2. The van der Waals surface area contributed by atoms with Gasteiger partial charge in [0.15, 0.2) is 0 Å². The summed E-state index contributed by atoms with van der Waals surface area (Å²) in [4.78, 5) is 12.1. The van der Waals surface area contributed by atoms with Crippen molar-refractivity contribution in [2.24, 2.45) is 7.05 Å². The number of amides is 1. The fourth-order valence-electron chi connectivity index (χ4n) is 2.21. The van der Waals surface area contributed by atoms with Gasteiger partial charge in [0.1, 0.15) is 0 Å². The van der Waals surface area contributed by atoms with Crippen molar-refractivity contribution in [2.75, 3.05) is 13.7 Å². The predicted octanol–water partition coefficient (Wildman–Crippen LogP) is 2.51. The van der Waals surface area contributed by atoms with Gasteiger partial charge in [0.25, 0.3) is 0 Å². The molecule has 118 valence electrons. The van der Waals surface area contributed by atoms with E-state index in [1.807, 2.05) is 25.4 Å². The maximum Gasteiger partial charge on any atom is 0.220 e. The van der Waals surface area contributed by atoms with E-state index < -0.39 is 0 Å². The van der Waals surface area contributed by atoms with Gasteiger partial charge in [-0.05, 0) is 29.7 Å². The number of rotatable bonds is 7. The van der Waals surface area contributed by atoms with Crippen molar-refractivity contribution in [3.63, 3.8) is 0 Å². The van der Waals surface area contributed by atoms with Gasteiger partial charge < -0.3 is 10.1 Å². The summed E-state index contributed by atoms with van der Waals surface area (Å²) in [6, 6.07) is 7.23. The Balaban J connectivity index is 1.92. The van der Waals surface area contributed by atoms with Crippen LogP contribution in [0.1, 0.15) is 23.6 Å². The van der Waals surface area contributed by atoms with Crippen LogP contribution in [0, 0.1) is 0 Å². The number of nitrogens with one attached hydrogen (secondary N) is 1. The van der Waals surface area contributed by atoms with Crippen molar-refractivity contribution in [1.29, 1.82) is 0 Å². The monoisotopic (exact) mass is 321 g/mol. The van der Waals surface area contributed by atoms with Crippen molar-refractivity contribution in [3.05, 3.63) is 52.8 Å². The van der Waals surface area contributed by atoms with Crippen LogP contribution in [-0.2, 0) is 23.0 Å². The molecule has 2 rings (SSSR count). The Bertz CT molecular complexity index is 610. The molecule has 1 atom stereocenters. The second-order valence-corrected chi connectivity index (χ2v) is 5.59. The van der Waals surface area contributed by atoms with Crippen LogP contribution in [0.4, 0.5) is 0 Å². The third kappa shape index (κ3) is 4.86. The molecular weight excluding hydrogens is 302 g/mol. The first kappa shape index (κ1) is 16.5. The number of carbonyl (C=O) groups is 1. The summed E-state index contributed by atoms with van der Waals surface area (Å²) in [6.07, 6.45) is 4.78. The Kier molecular flexibility index (Phi) is 5.98. The number of ether oxygens (including phenoxy) is 1. The van der Waals surface area contributed by atoms with E-state index in [0.29, 0.717) is 24.5 Å². The second kappa shape index (κ2) is 7.96. The highest BCUT2D eigenvalue weighted by Crippen LogP contribution is 2.17. The summed E-state index contributed by atoms with van der Waals surface area (Å²) in [6.45, 7) is 0.417. The standard InChI is InChI=1S/C16H20ClN3O2/c1-20-10-12(9-18-20)3-8-16(21)19-15(11-22-2)13-4-6-14(17)7-5-13/h4-7,9-10,15H,3,8,11H2,1-2H3,(H,19,21)/t15-/m0/s1. The van der Waals surface area contributed by atoms with Crippen molar-refractivity contribution in [2.45, 2.75) is 18.9 Å². The average molecular weight is 322 g/mol. The average Bonchev–Trinajstić information content (AvgIpc) is 2.91. The third-order valence-corrected chi connectivity index (χ3v) is 3.59. The second-order valence-electron chi connectivity index (χ2n) is 5.15. The molecule has 1 aromatic carbocycles. The van der Waals surface area contributed by atoms with Gasteiger partial charge in [0, 0.05) is 31.8 Å². The van der Waals surface area contributed by atoms with Crippen LogP contribution in [0.2, 0.25) is 5.02 Å². The summed E-state index contributed by atoms with van der Waals surface area (Å²) in [5.41, 5.74) is 2.02. The van der Waals surface area contributed by atoms with E-state index >= 15 is 0 Å². The number of carbonyl (C=O) groups excluding carboxylic acids is 1. The zero-order chi connectivity index (χ0) is 15.9. The molecule has 0 aliphatic rings. The van der Waals surface area contributed by atoms with Crippen LogP contribution in [0.15, 0.2) is 36.7 Å². The molecule has 22 heavy (non-hydrogen) atoms. The lowest BCUT2D eigenvalue weighted by Gasteiger charge is -2.18. The van der Waals surface area contributed by atoms with Crippen LogP contribution < -0.4 is 5.32 Å². The van der Waals surface area contributed by atoms with Gasteiger partial charge >= 0.3 is 0 Å². The first-order chi connectivity index (χ1) is 10.6. The van der Waals surface area contributed by atoms with Gasteiger partial charge in [-0.3, -0.25) is 9.48 Å². The first-order valence-electron chi connectivity index (χ1n) is 7.10. The molecule has 1 N–H and O–H groups in total. The molecule has 0 saturated heterocycles. The SMILES string of the molecule is COC[C@H](NC(=O)CCc1cnn(C)c1)c1ccc(Cl)cc1. The Morgan fingerprint density at radius 2 is 2.14 bits per heavy atom. The lowest BCUT2D eigenvalue weighted by atomic mass is 10.1. The molecule has 1 amide bonds. The quantitative estimate of drug-likeness (QED) is 0.852. The molecule has 2 aromatic rings. The predicted molar refractivity (Wildman–Crippen MR) is 85.7 cm³/mol. The van der Waals surface area contributed by atoms with Crippen LogP contribution >= 0.6 is 11.6 Å². The zero-order valence-corrected chi connectivity index (χ0v) is 13.5. The molecule has 0 radical (unpaired) electrons. The van der Waals surface area contributed by atoms with E-state index in [-0.39, 0.29) is 11.9 Å². The summed E-state index contributed by atoms with van der Waals surface area (Å²) in [5.74, 6) is -0.0131. The van der Waals surface area contributed by atoms with Crippen molar-refractivity contribution >= 4 is 17.5 Å². The molecule has 0 saturated carbocycles. The fraction of sp³-hybridized carbons (Fsp3) is 0.375. The third-order valence-electron chi connectivity index (χ3n) is 3.34. The summed E-state index contributed by atoms with van der Waals surface area (Å²) in [7, 11) is 3.48. The molecule has 0 bridgehead atoms. The minimum atomic E-state index is -0.177. The highest BCUT2D eigenvalue weighted by atomic mass is 35.5. The van der Waals surface area contributed by atoms with E-state index in [2.05, 4.69) is 10.4 Å². The van der Waals surface area contributed by atoms with Gasteiger partial charge in [-0.15, -0.1) is 0 Å². The van der Waals surface area contributed by atoms with E-state index in [1.165, 1.54) is 0 Å². The van der Waals surface area contributed by atoms with Gasteiger partial charge in [0.05, 0.1) is 18.8 Å². The molecule has 6 heteroatoms. The van der Waals surface area contributed by atoms with Crippen LogP contribution in [-0.4, -0.2) is 29.4 Å². The van der Waals surface area contributed by atoms with E-state index in [9.17, 15) is 4.79 Å². The minimum absolute atomic E-state index is 0.0131. The number of benzene rings is 1. The number of hydrogen-bond acceptors (Lipinski definition) is 3. The highest BCUT2D eigenvalue weighted by Gasteiger charge is 2.14. The molecule has 1 heterocycles. The van der Waals surface area contributed by atoms with Crippen molar-refractivity contribution in [3.8, 4) is 0 Å². The van der Waals surface area contributed by atoms with Crippen LogP contribution in [0.5, 0.6) is 0 Å². The zero-order valence-electron chi connectivity index (χ0n) is 12.8. The van der Waals surface area contributed by atoms with Crippen LogP contribution in [0.3, 0.4) is 0 Å². The molecule has 0 fully saturated rings. The van der Waals surface area contributed by atoms with Gasteiger partial charge in [0.2, 0.25) is 5.91 Å². The molecule has 5 nitrogen and oxygen atoms in total. The normalized spacial score (nSPS) is 12.1. The van der Waals surface area contributed by atoms with Crippen molar-refractivity contribution in [1.82, 2.24) is 15.1 Å². The number of aromatic nitrogens is 2. The Hall–Kier alpha value is -1.85. The van der Waals surface area contributed by atoms with E-state index in [1.54, 1.807) is 30.1 Å². The van der Waals surface area contributed by atoms with Gasteiger partial charge in [-0.2, -0.15) is 5.10 Å². The number of methoxy groups -OCH3 is 1. The summed E-state index contributed by atoms with van der Waals surface area (Å²) >= 11 is 5.89. The van der Waals surface area contributed by atoms with Gasteiger partial charge in [-0.25, -0.2) is 0 Å². The number of aryl methyl sites for hydroxylation is 2. The van der Waals surface area contributed by atoms with E-state index in [0.717, 1.165) is 11.1 Å². The maximum atomic E-state index is 12.1. The number of nitrogens with zero attached hydrogens (tertiary/aromatic N) is 2. The number of hydrogen-bond donors (Lipinski definition) is 1. The highest BCUT2D eigenvalue weighted by molar-refractivity contribution is 6.30. The van der Waals surface area contributed by atoms with Crippen LogP contribution in [0.25, 0.3) is 0 Å². The Morgan fingerprint density at radius 3 is 2.73 bits per heavy atom. The molecule has 0 aliphatic heterocycles. The fourth-order valence-corrected chi connectivity index (χ4v) is 2.33. The minimum Gasteiger partial charge on any atom is -0.382 e. The topological polar surface area (TPSA) is 56.1 Å². The maximum absolute atomic E-state index is 12.1. The summed E-state index contributed by atoms with van der Waals surface area (Å²) in [5, 5.41) is 7.76. The lowest BCUT2D eigenvalue weighted by Crippen LogP contribution is -2.31. The summed E-state index contributed by atoms with van der Waals surface area (Å²) < 4.78 is 6.93. The number of halogens is 1. The molecule has 1 aromatic heterocycles. The molecule has 0 spiro atoms.